The molecule has 0 radical (unpaired) electrons. The van der Waals surface area contributed by atoms with Gasteiger partial charge in [-0.15, -0.1) is 11.3 Å². The molecular formula is C23H21N3O3S. The van der Waals surface area contributed by atoms with Crippen molar-refractivity contribution in [3.05, 3.63) is 75.9 Å². The molecule has 5 rings (SSSR count). The number of hydrogen-bond donors (Lipinski definition) is 1. The zero-order valence-electron chi connectivity index (χ0n) is 16.5. The SMILES string of the molecule is Cc1nc2ccccn2c1-c1csc(C2(c3ccc(C(=O)O)cc3)CCOCC2)n1. The van der Waals surface area contributed by atoms with Gasteiger partial charge in [-0.05, 0) is 49.6 Å². The van der Waals surface area contributed by atoms with Crippen LogP contribution in [0.25, 0.3) is 17.0 Å². The molecule has 152 valence electrons. The number of fused-ring (bicyclic) bond motifs is 1. The molecule has 30 heavy (non-hydrogen) atoms. The van der Waals surface area contributed by atoms with E-state index in [1.165, 1.54) is 0 Å². The maximum absolute atomic E-state index is 11.3. The second-order valence-electron chi connectivity index (χ2n) is 7.59. The number of aromatic nitrogens is 3. The lowest BCUT2D eigenvalue weighted by Gasteiger charge is -2.36. The van der Waals surface area contributed by atoms with Crippen LogP contribution in [0.1, 0.15) is 39.5 Å². The number of aromatic carboxylic acids is 1. The summed E-state index contributed by atoms with van der Waals surface area (Å²) in [6, 6.07) is 13.2. The van der Waals surface area contributed by atoms with Gasteiger partial charge in [0.2, 0.25) is 0 Å². The summed E-state index contributed by atoms with van der Waals surface area (Å²) < 4.78 is 7.73. The molecule has 1 N–H and O–H groups in total. The number of carboxylic acid groups (broad SMARTS) is 1. The fourth-order valence-corrected chi connectivity index (χ4v) is 5.39. The van der Waals surface area contributed by atoms with Gasteiger partial charge in [0.15, 0.2) is 0 Å². The smallest absolute Gasteiger partial charge is 0.335 e. The molecule has 0 atom stereocenters. The Morgan fingerprint density at radius 1 is 1.13 bits per heavy atom. The molecule has 1 aliphatic rings. The molecule has 0 spiro atoms. The van der Waals surface area contributed by atoms with Crippen molar-refractivity contribution < 1.29 is 14.6 Å². The summed E-state index contributed by atoms with van der Waals surface area (Å²) in [5.41, 5.74) is 4.89. The minimum atomic E-state index is -0.915. The van der Waals surface area contributed by atoms with Gasteiger partial charge in [0.05, 0.1) is 22.4 Å². The van der Waals surface area contributed by atoms with Crippen molar-refractivity contribution in [3.63, 3.8) is 0 Å². The number of aryl methyl sites for hydroxylation is 1. The van der Waals surface area contributed by atoms with Gasteiger partial charge in [0.25, 0.3) is 0 Å². The van der Waals surface area contributed by atoms with Gasteiger partial charge in [0, 0.05) is 24.8 Å². The van der Waals surface area contributed by atoms with E-state index in [1.54, 1.807) is 23.5 Å². The Labute approximate surface area is 177 Å². The zero-order chi connectivity index (χ0) is 20.7. The van der Waals surface area contributed by atoms with E-state index in [9.17, 15) is 9.90 Å². The van der Waals surface area contributed by atoms with Gasteiger partial charge in [-0.25, -0.2) is 14.8 Å². The molecule has 1 fully saturated rings. The van der Waals surface area contributed by atoms with Crippen molar-refractivity contribution in [3.8, 4) is 11.4 Å². The lowest BCUT2D eigenvalue weighted by molar-refractivity contribution is 0.0629. The molecular weight excluding hydrogens is 398 g/mol. The van der Waals surface area contributed by atoms with Gasteiger partial charge in [0.1, 0.15) is 16.3 Å². The maximum atomic E-state index is 11.3. The molecule has 0 unspecified atom stereocenters. The molecule has 7 heteroatoms. The Morgan fingerprint density at radius 3 is 2.63 bits per heavy atom. The average molecular weight is 420 g/mol. The Hall–Kier alpha value is -3.03. The number of pyridine rings is 1. The fourth-order valence-electron chi connectivity index (χ4n) is 4.30. The molecule has 4 heterocycles. The number of nitrogens with zero attached hydrogens (tertiary/aromatic N) is 3. The number of hydrogen-bond acceptors (Lipinski definition) is 5. The number of benzene rings is 1. The van der Waals surface area contributed by atoms with Crippen LogP contribution in [0.5, 0.6) is 0 Å². The van der Waals surface area contributed by atoms with E-state index in [1.807, 2.05) is 43.5 Å². The summed E-state index contributed by atoms with van der Waals surface area (Å²) >= 11 is 1.65. The van der Waals surface area contributed by atoms with Crippen molar-refractivity contribution in [2.75, 3.05) is 13.2 Å². The van der Waals surface area contributed by atoms with Crippen molar-refractivity contribution in [2.24, 2.45) is 0 Å². The van der Waals surface area contributed by atoms with E-state index >= 15 is 0 Å². The normalized spacial score (nSPS) is 16.0. The lowest BCUT2D eigenvalue weighted by Crippen LogP contribution is -2.35. The number of ether oxygens (including phenoxy) is 1. The van der Waals surface area contributed by atoms with E-state index in [-0.39, 0.29) is 5.41 Å². The first-order chi connectivity index (χ1) is 14.6. The summed E-state index contributed by atoms with van der Waals surface area (Å²) in [4.78, 5) is 21.0. The van der Waals surface area contributed by atoms with Crippen molar-refractivity contribution >= 4 is 23.0 Å². The van der Waals surface area contributed by atoms with Crippen LogP contribution in [-0.2, 0) is 10.2 Å². The standard InChI is InChI=1S/C23H21N3O3S/c1-15-20(26-11-3-2-4-19(26)24-15)18-14-30-22(25-18)23(9-12-29-13-10-23)17-7-5-16(6-8-17)21(27)28/h2-8,11,14H,9-10,12-13H2,1H3,(H,27,28). The summed E-state index contributed by atoms with van der Waals surface area (Å²) in [5, 5.41) is 12.4. The van der Waals surface area contributed by atoms with Gasteiger partial charge >= 0.3 is 5.97 Å². The minimum Gasteiger partial charge on any atom is -0.478 e. The lowest BCUT2D eigenvalue weighted by atomic mass is 9.74. The van der Waals surface area contributed by atoms with Crippen LogP contribution in [-0.4, -0.2) is 38.7 Å². The van der Waals surface area contributed by atoms with Crippen LogP contribution in [0.2, 0.25) is 0 Å². The van der Waals surface area contributed by atoms with Crippen molar-refractivity contribution in [1.82, 2.24) is 14.4 Å². The number of carboxylic acids is 1. The quantitative estimate of drug-likeness (QED) is 0.525. The van der Waals surface area contributed by atoms with Gasteiger partial charge in [-0.1, -0.05) is 18.2 Å². The molecule has 1 aliphatic heterocycles. The maximum Gasteiger partial charge on any atom is 0.335 e. The van der Waals surface area contributed by atoms with Crippen LogP contribution in [0, 0.1) is 6.92 Å². The Morgan fingerprint density at radius 2 is 1.90 bits per heavy atom. The van der Waals surface area contributed by atoms with E-state index in [0.717, 1.165) is 46.1 Å². The molecule has 1 saturated heterocycles. The third kappa shape index (κ3) is 3.02. The number of imidazole rings is 1. The Bertz CT molecular complexity index is 1220. The molecule has 6 nitrogen and oxygen atoms in total. The summed E-state index contributed by atoms with van der Waals surface area (Å²) in [5.74, 6) is -0.915. The molecule has 0 bridgehead atoms. The van der Waals surface area contributed by atoms with Gasteiger partial charge in [-0.2, -0.15) is 0 Å². The highest BCUT2D eigenvalue weighted by Gasteiger charge is 2.39. The molecule has 0 aliphatic carbocycles. The minimum absolute atomic E-state index is 0.271. The third-order valence-electron chi connectivity index (χ3n) is 5.89. The van der Waals surface area contributed by atoms with Crippen LogP contribution in [0.4, 0.5) is 0 Å². The molecule has 4 aromatic rings. The van der Waals surface area contributed by atoms with E-state index < -0.39 is 5.97 Å². The zero-order valence-corrected chi connectivity index (χ0v) is 17.4. The fraction of sp³-hybridized carbons (Fsp3) is 0.261. The topological polar surface area (TPSA) is 76.7 Å². The van der Waals surface area contributed by atoms with Gasteiger partial charge < -0.3 is 9.84 Å². The largest absolute Gasteiger partial charge is 0.478 e. The predicted molar refractivity (Wildman–Crippen MR) is 115 cm³/mol. The second kappa shape index (κ2) is 7.34. The first kappa shape index (κ1) is 19.0. The van der Waals surface area contributed by atoms with E-state index in [4.69, 9.17) is 9.72 Å². The summed E-state index contributed by atoms with van der Waals surface area (Å²) in [7, 11) is 0. The van der Waals surface area contributed by atoms with Crippen LogP contribution < -0.4 is 0 Å². The van der Waals surface area contributed by atoms with Gasteiger partial charge in [-0.3, -0.25) is 4.40 Å². The Kier molecular flexibility index (Phi) is 4.64. The van der Waals surface area contributed by atoms with E-state index in [2.05, 4.69) is 14.8 Å². The predicted octanol–water partition coefficient (Wildman–Crippen LogP) is 4.56. The third-order valence-corrected chi connectivity index (χ3v) is 6.94. The highest BCUT2D eigenvalue weighted by molar-refractivity contribution is 7.10. The van der Waals surface area contributed by atoms with Crippen LogP contribution >= 0.6 is 11.3 Å². The number of rotatable bonds is 4. The Balaban J connectivity index is 1.61. The van der Waals surface area contributed by atoms with Crippen molar-refractivity contribution in [1.29, 1.82) is 0 Å². The first-order valence-electron chi connectivity index (χ1n) is 9.90. The average Bonchev–Trinajstić information content (AvgIpc) is 3.38. The summed E-state index contributed by atoms with van der Waals surface area (Å²) in [6.45, 7) is 3.32. The second-order valence-corrected chi connectivity index (χ2v) is 8.45. The molecule has 1 aromatic carbocycles. The van der Waals surface area contributed by atoms with Crippen LogP contribution in [0.15, 0.2) is 54.0 Å². The van der Waals surface area contributed by atoms with Crippen molar-refractivity contribution in [2.45, 2.75) is 25.2 Å². The summed E-state index contributed by atoms with van der Waals surface area (Å²) in [6.07, 6.45) is 3.65. The molecule has 0 amide bonds. The molecule has 3 aromatic heterocycles. The highest BCUT2D eigenvalue weighted by Crippen LogP contribution is 2.43. The number of carbonyl (C=O) groups is 1. The van der Waals surface area contributed by atoms with Crippen LogP contribution in [0.3, 0.4) is 0 Å². The monoisotopic (exact) mass is 419 g/mol. The van der Waals surface area contributed by atoms with E-state index in [0.29, 0.717) is 18.8 Å². The highest BCUT2D eigenvalue weighted by atomic mass is 32.1. The first-order valence-corrected chi connectivity index (χ1v) is 10.8. The number of thiazole rings is 1. The molecule has 0 saturated carbocycles.